The first-order valence-electron chi connectivity index (χ1n) is 9.13. The second-order valence-electron chi connectivity index (χ2n) is 6.32. The maximum atomic E-state index is 11.8. The van der Waals surface area contributed by atoms with E-state index < -0.39 is 0 Å². The zero-order valence-electron chi connectivity index (χ0n) is 15.5. The number of rotatable bonds is 4. The molecule has 26 heavy (non-hydrogen) atoms. The number of aromatic nitrogens is 1. The van der Waals surface area contributed by atoms with Gasteiger partial charge < -0.3 is 23.9 Å². The van der Waals surface area contributed by atoms with Gasteiger partial charge in [0.2, 0.25) is 0 Å². The molecule has 8 nitrogen and oxygen atoms in total. The SMILES string of the molecule is CCOC(=O)c1c(C2CCOCC2)noc1C.ON=CC1CCOCC1. The summed E-state index contributed by atoms with van der Waals surface area (Å²) < 4.78 is 20.6. The second kappa shape index (κ2) is 10.9. The van der Waals surface area contributed by atoms with Gasteiger partial charge in [-0.25, -0.2) is 4.79 Å². The van der Waals surface area contributed by atoms with Crippen LogP contribution in [-0.2, 0) is 14.2 Å². The van der Waals surface area contributed by atoms with Gasteiger partial charge in [0.05, 0.1) is 6.61 Å². The van der Waals surface area contributed by atoms with Crippen molar-refractivity contribution in [3.63, 3.8) is 0 Å². The van der Waals surface area contributed by atoms with Crippen molar-refractivity contribution in [1.82, 2.24) is 5.16 Å². The number of ether oxygens (including phenoxy) is 3. The van der Waals surface area contributed by atoms with E-state index in [1.54, 1.807) is 20.1 Å². The van der Waals surface area contributed by atoms with Gasteiger partial charge in [-0.2, -0.15) is 0 Å². The number of carbonyl (C=O) groups is 1. The molecule has 0 saturated carbocycles. The standard InChI is InChI=1S/C12H17NO4.C6H11NO2/c1-3-16-12(14)10-8(2)17-13-11(10)9-4-6-15-7-5-9;8-7-5-6-1-3-9-4-2-6/h9H,3-7H2,1-2H3;5-6,8H,1-4H2. The maximum Gasteiger partial charge on any atom is 0.343 e. The molecule has 3 heterocycles. The second-order valence-corrected chi connectivity index (χ2v) is 6.32. The lowest BCUT2D eigenvalue weighted by Crippen LogP contribution is -2.17. The monoisotopic (exact) mass is 368 g/mol. The Morgan fingerprint density at radius 3 is 2.42 bits per heavy atom. The van der Waals surface area contributed by atoms with E-state index in [4.69, 9.17) is 23.9 Å². The highest BCUT2D eigenvalue weighted by Crippen LogP contribution is 2.30. The molecular formula is C18H28N2O6. The summed E-state index contributed by atoms with van der Waals surface area (Å²) in [6, 6.07) is 0. The number of aryl methyl sites for hydroxylation is 1. The Kier molecular flexibility index (Phi) is 8.57. The summed E-state index contributed by atoms with van der Waals surface area (Å²) in [6.45, 7) is 6.90. The average molecular weight is 368 g/mol. The van der Waals surface area contributed by atoms with Gasteiger partial charge in [0.1, 0.15) is 17.0 Å². The molecule has 0 bridgehead atoms. The Bertz CT molecular complexity index is 574. The molecule has 0 radical (unpaired) electrons. The molecule has 2 aliphatic rings. The van der Waals surface area contributed by atoms with E-state index in [0.29, 0.717) is 37.1 Å². The lowest BCUT2D eigenvalue weighted by molar-refractivity contribution is 0.0518. The third-order valence-electron chi connectivity index (χ3n) is 4.52. The first-order valence-corrected chi connectivity index (χ1v) is 9.13. The van der Waals surface area contributed by atoms with Gasteiger partial charge in [-0.05, 0) is 39.5 Å². The van der Waals surface area contributed by atoms with E-state index in [-0.39, 0.29) is 11.9 Å². The fraction of sp³-hybridized carbons (Fsp3) is 0.722. The summed E-state index contributed by atoms with van der Waals surface area (Å²) in [5.74, 6) is 0.863. The molecule has 0 spiro atoms. The predicted octanol–water partition coefficient (Wildman–Crippen LogP) is 2.93. The Labute approximate surface area is 153 Å². The van der Waals surface area contributed by atoms with E-state index in [1.807, 2.05) is 0 Å². The molecule has 2 aliphatic heterocycles. The van der Waals surface area contributed by atoms with Crippen molar-refractivity contribution in [1.29, 1.82) is 0 Å². The van der Waals surface area contributed by atoms with Gasteiger partial charge in [0.15, 0.2) is 0 Å². The number of oxime groups is 1. The summed E-state index contributed by atoms with van der Waals surface area (Å²) >= 11 is 0. The molecule has 2 saturated heterocycles. The van der Waals surface area contributed by atoms with Gasteiger partial charge >= 0.3 is 5.97 Å². The molecule has 0 unspecified atom stereocenters. The molecule has 1 aromatic rings. The molecule has 0 amide bonds. The van der Waals surface area contributed by atoms with Gasteiger partial charge in [-0.15, -0.1) is 5.16 Å². The van der Waals surface area contributed by atoms with Crippen molar-refractivity contribution in [3.05, 3.63) is 17.0 Å². The van der Waals surface area contributed by atoms with Crippen LogP contribution < -0.4 is 0 Å². The number of nitrogens with zero attached hydrogens (tertiary/aromatic N) is 2. The van der Waals surface area contributed by atoms with Crippen molar-refractivity contribution in [2.24, 2.45) is 11.1 Å². The molecule has 1 N–H and O–H groups in total. The van der Waals surface area contributed by atoms with Gasteiger partial charge in [0, 0.05) is 44.5 Å². The lowest BCUT2D eigenvalue weighted by atomic mass is 9.93. The minimum absolute atomic E-state index is 0.237. The van der Waals surface area contributed by atoms with Crippen molar-refractivity contribution in [2.45, 2.75) is 45.4 Å². The van der Waals surface area contributed by atoms with E-state index >= 15 is 0 Å². The first-order chi connectivity index (χ1) is 12.7. The third-order valence-corrected chi connectivity index (χ3v) is 4.52. The molecule has 3 rings (SSSR count). The number of hydrogen-bond acceptors (Lipinski definition) is 8. The van der Waals surface area contributed by atoms with Crippen molar-refractivity contribution >= 4 is 12.2 Å². The molecule has 0 aliphatic carbocycles. The zero-order chi connectivity index (χ0) is 18.8. The van der Waals surface area contributed by atoms with Crippen LogP contribution in [-0.4, -0.2) is 55.6 Å². The van der Waals surface area contributed by atoms with Crippen LogP contribution in [0.4, 0.5) is 0 Å². The fourth-order valence-electron chi connectivity index (χ4n) is 3.05. The Morgan fingerprint density at radius 2 is 1.85 bits per heavy atom. The smallest absolute Gasteiger partial charge is 0.343 e. The average Bonchev–Trinajstić information content (AvgIpc) is 3.06. The zero-order valence-corrected chi connectivity index (χ0v) is 15.5. The topological polar surface area (TPSA) is 103 Å². The van der Waals surface area contributed by atoms with Gasteiger partial charge in [0.25, 0.3) is 0 Å². The van der Waals surface area contributed by atoms with E-state index in [0.717, 1.165) is 44.6 Å². The molecule has 0 atom stereocenters. The van der Waals surface area contributed by atoms with Crippen LogP contribution in [0.25, 0.3) is 0 Å². The van der Waals surface area contributed by atoms with Gasteiger partial charge in [-0.3, -0.25) is 0 Å². The lowest BCUT2D eigenvalue weighted by Gasteiger charge is -2.20. The summed E-state index contributed by atoms with van der Waals surface area (Å²) in [5.41, 5.74) is 1.23. The molecule has 8 heteroatoms. The van der Waals surface area contributed by atoms with E-state index in [1.165, 1.54) is 0 Å². The highest BCUT2D eigenvalue weighted by molar-refractivity contribution is 5.91. The summed E-state index contributed by atoms with van der Waals surface area (Å²) in [4.78, 5) is 11.8. The van der Waals surface area contributed by atoms with Crippen molar-refractivity contribution in [3.8, 4) is 0 Å². The number of hydrogen-bond donors (Lipinski definition) is 1. The van der Waals surface area contributed by atoms with Crippen molar-refractivity contribution < 1.29 is 28.7 Å². The minimum Gasteiger partial charge on any atom is -0.462 e. The highest BCUT2D eigenvalue weighted by atomic mass is 16.5. The first kappa shape index (κ1) is 20.4. The largest absolute Gasteiger partial charge is 0.462 e. The van der Waals surface area contributed by atoms with Gasteiger partial charge in [-0.1, -0.05) is 5.16 Å². The predicted molar refractivity (Wildman–Crippen MR) is 93.8 cm³/mol. The molecule has 0 aromatic carbocycles. The van der Waals surface area contributed by atoms with Crippen LogP contribution >= 0.6 is 0 Å². The summed E-state index contributed by atoms with van der Waals surface area (Å²) in [5, 5.41) is 15.1. The Hall–Kier alpha value is -1.93. The van der Waals surface area contributed by atoms with Crippen molar-refractivity contribution in [2.75, 3.05) is 33.0 Å². The normalized spacial score (nSPS) is 19.2. The molecule has 1 aromatic heterocycles. The maximum absolute atomic E-state index is 11.8. The number of esters is 1. The van der Waals surface area contributed by atoms with E-state index in [2.05, 4.69) is 10.3 Å². The highest BCUT2D eigenvalue weighted by Gasteiger charge is 2.28. The summed E-state index contributed by atoms with van der Waals surface area (Å²) in [6.07, 6.45) is 5.31. The quantitative estimate of drug-likeness (QED) is 0.377. The van der Waals surface area contributed by atoms with Crippen LogP contribution in [0.2, 0.25) is 0 Å². The Morgan fingerprint density at radius 1 is 1.23 bits per heavy atom. The fourth-order valence-corrected chi connectivity index (χ4v) is 3.05. The van der Waals surface area contributed by atoms with Crippen LogP contribution in [0.1, 0.15) is 60.3 Å². The Balaban J connectivity index is 0.000000228. The molecular weight excluding hydrogens is 340 g/mol. The van der Waals surface area contributed by atoms with Crippen LogP contribution in [0.15, 0.2) is 9.68 Å². The molecule has 2 fully saturated rings. The van der Waals surface area contributed by atoms with Crippen LogP contribution in [0, 0.1) is 12.8 Å². The van der Waals surface area contributed by atoms with Crippen LogP contribution in [0.5, 0.6) is 0 Å². The minimum atomic E-state index is -0.340. The third kappa shape index (κ3) is 5.81. The molecule has 146 valence electrons. The summed E-state index contributed by atoms with van der Waals surface area (Å²) in [7, 11) is 0. The number of carbonyl (C=O) groups excluding carboxylic acids is 1. The van der Waals surface area contributed by atoms with E-state index in [9.17, 15) is 4.79 Å². The van der Waals surface area contributed by atoms with Crippen LogP contribution in [0.3, 0.4) is 0 Å².